The average molecular weight is 755 g/mol. The second-order valence-corrected chi connectivity index (χ2v) is 16.1. The van der Waals surface area contributed by atoms with Crippen LogP contribution < -0.4 is 4.90 Å². The van der Waals surface area contributed by atoms with Crippen LogP contribution in [0.3, 0.4) is 0 Å². The lowest BCUT2D eigenvalue weighted by molar-refractivity contribution is 0.660. The van der Waals surface area contributed by atoms with E-state index < -0.39 is 0 Å². The van der Waals surface area contributed by atoms with Crippen LogP contribution >= 0.6 is 0 Å². The van der Waals surface area contributed by atoms with Crippen LogP contribution in [-0.4, -0.2) is 4.57 Å². The summed E-state index contributed by atoms with van der Waals surface area (Å²) in [5, 5.41) is 2.44. The number of fused-ring (bicyclic) bond motifs is 6. The first kappa shape index (κ1) is 34.8. The monoisotopic (exact) mass is 754 g/mol. The standard InChI is InChI=1S/C57H42N2/c1-57(2)49-31-15-12-28-47(49)55-45(29-18-32-50(55)57)43-26-13-17-34-52(43)59(53-37-36-41(39-20-6-3-7-21-39)38-48(53)40-22-8-4-9-23-40)54-35-19-30-46-44-27-14-16-33-51(44)58(56(46)54)42-24-10-5-11-25-42/h3-38H,1-2H3. The molecule has 1 aromatic heterocycles. The minimum Gasteiger partial charge on any atom is -0.307 e. The third-order valence-corrected chi connectivity index (χ3v) is 12.4. The van der Waals surface area contributed by atoms with Crippen molar-refractivity contribution in [3.05, 3.63) is 230 Å². The molecule has 0 N–H and O–H groups in total. The molecule has 0 saturated heterocycles. The topological polar surface area (TPSA) is 8.17 Å². The smallest absolute Gasteiger partial charge is 0.0782 e. The first-order valence-electron chi connectivity index (χ1n) is 20.5. The summed E-state index contributed by atoms with van der Waals surface area (Å²) in [7, 11) is 0. The fourth-order valence-corrected chi connectivity index (χ4v) is 9.68. The molecule has 0 unspecified atom stereocenters. The van der Waals surface area contributed by atoms with Gasteiger partial charge in [0.05, 0.1) is 28.1 Å². The summed E-state index contributed by atoms with van der Waals surface area (Å²) in [5.41, 5.74) is 19.1. The van der Waals surface area contributed by atoms with Crippen LogP contribution in [0.15, 0.2) is 218 Å². The summed E-state index contributed by atoms with van der Waals surface area (Å²) >= 11 is 0. The van der Waals surface area contributed by atoms with E-state index in [0.29, 0.717) is 0 Å². The van der Waals surface area contributed by atoms with Crippen LogP contribution in [0.1, 0.15) is 25.0 Å². The summed E-state index contributed by atoms with van der Waals surface area (Å²) in [6.45, 7) is 4.73. The Kier molecular flexibility index (Phi) is 8.20. The van der Waals surface area contributed by atoms with Gasteiger partial charge in [-0.15, -0.1) is 0 Å². The van der Waals surface area contributed by atoms with Crippen LogP contribution in [0.5, 0.6) is 0 Å². The zero-order valence-corrected chi connectivity index (χ0v) is 33.2. The third-order valence-electron chi connectivity index (χ3n) is 12.4. The predicted molar refractivity (Wildman–Crippen MR) is 249 cm³/mol. The van der Waals surface area contributed by atoms with E-state index in [4.69, 9.17) is 0 Å². The van der Waals surface area contributed by atoms with E-state index >= 15 is 0 Å². The molecule has 0 amide bonds. The molecule has 2 nitrogen and oxygen atoms in total. The van der Waals surface area contributed by atoms with Crippen molar-refractivity contribution in [1.82, 2.24) is 4.57 Å². The van der Waals surface area contributed by atoms with Crippen molar-refractivity contribution in [3.63, 3.8) is 0 Å². The zero-order chi connectivity index (χ0) is 39.5. The summed E-state index contributed by atoms with van der Waals surface area (Å²) in [6, 6.07) is 79.9. The van der Waals surface area contributed by atoms with E-state index in [-0.39, 0.29) is 5.41 Å². The molecule has 0 saturated carbocycles. The lowest BCUT2D eigenvalue weighted by Gasteiger charge is -2.31. The molecule has 59 heavy (non-hydrogen) atoms. The third kappa shape index (κ3) is 5.56. The van der Waals surface area contributed by atoms with Crippen LogP contribution in [0.4, 0.5) is 17.1 Å². The van der Waals surface area contributed by atoms with Crippen molar-refractivity contribution >= 4 is 38.9 Å². The second kappa shape index (κ2) is 13.9. The number of aromatic nitrogens is 1. The molecule has 0 fully saturated rings. The molecule has 9 aromatic carbocycles. The van der Waals surface area contributed by atoms with Gasteiger partial charge in [0.1, 0.15) is 0 Å². The van der Waals surface area contributed by atoms with Gasteiger partial charge >= 0.3 is 0 Å². The molecule has 280 valence electrons. The van der Waals surface area contributed by atoms with Crippen LogP contribution in [0.2, 0.25) is 0 Å². The fraction of sp³-hybridized carbons (Fsp3) is 0.0526. The van der Waals surface area contributed by atoms with Gasteiger partial charge in [0, 0.05) is 33.0 Å². The van der Waals surface area contributed by atoms with Crippen LogP contribution in [-0.2, 0) is 5.41 Å². The van der Waals surface area contributed by atoms with Crippen molar-refractivity contribution in [2.24, 2.45) is 0 Å². The molecule has 2 heteroatoms. The van der Waals surface area contributed by atoms with E-state index in [1.165, 1.54) is 60.8 Å². The lowest BCUT2D eigenvalue weighted by Crippen LogP contribution is -2.15. The molecule has 0 aliphatic heterocycles. The van der Waals surface area contributed by atoms with Crippen molar-refractivity contribution in [2.45, 2.75) is 19.3 Å². The largest absolute Gasteiger partial charge is 0.307 e. The number of anilines is 3. The van der Waals surface area contributed by atoms with Gasteiger partial charge in [0.2, 0.25) is 0 Å². The highest BCUT2D eigenvalue weighted by Crippen LogP contribution is 2.55. The summed E-state index contributed by atoms with van der Waals surface area (Å²) in [6.07, 6.45) is 0. The van der Waals surface area contributed by atoms with Gasteiger partial charge in [-0.05, 0) is 87.0 Å². The number of nitrogens with zero attached hydrogens (tertiary/aromatic N) is 2. The van der Waals surface area contributed by atoms with E-state index in [0.717, 1.165) is 39.4 Å². The second-order valence-electron chi connectivity index (χ2n) is 16.1. The Morgan fingerprint density at radius 1 is 0.373 bits per heavy atom. The molecule has 1 aliphatic carbocycles. The van der Waals surface area contributed by atoms with Crippen molar-refractivity contribution in [2.75, 3.05) is 4.90 Å². The van der Waals surface area contributed by atoms with E-state index in [9.17, 15) is 0 Å². The molecule has 0 radical (unpaired) electrons. The Labute approximate surface area is 345 Å². The van der Waals surface area contributed by atoms with Gasteiger partial charge < -0.3 is 9.47 Å². The average Bonchev–Trinajstić information content (AvgIpc) is 3.77. The van der Waals surface area contributed by atoms with Gasteiger partial charge in [-0.3, -0.25) is 0 Å². The molecule has 11 rings (SSSR count). The maximum absolute atomic E-state index is 2.54. The number of para-hydroxylation sites is 4. The van der Waals surface area contributed by atoms with Gasteiger partial charge in [-0.25, -0.2) is 0 Å². The van der Waals surface area contributed by atoms with Crippen molar-refractivity contribution in [3.8, 4) is 50.2 Å². The highest BCUT2D eigenvalue weighted by atomic mass is 15.2. The van der Waals surface area contributed by atoms with Crippen LogP contribution in [0.25, 0.3) is 72.0 Å². The van der Waals surface area contributed by atoms with Gasteiger partial charge in [-0.1, -0.05) is 190 Å². The predicted octanol–water partition coefficient (Wildman–Crippen LogP) is 15.6. The summed E-state index contributed by atoms with van der Waals surface area (Å²) in [5.74, 6) is 0. The maximum Gasteiger partial charge on any atom is 0.0782 e. The minimum absolute atomic E-state index is 0.119. The van der Waals surface area contributed by atoms with Gasteiger partial charge in [0.25, 0.3) is 0 Å². The quantitative estimate of drug-likeness (QED) is 0.157. The highest BCUT2D eigenvalue weighted by Gasteiger charge is 2.37. The van der Waals surface area contributed by atoms with Gasteiger partial charge in [0.15, 0.2) is 0 Å². The number of benzene rings is 9. The molecule has 0 spiro atoms. The molecular weight excluding hydrogens is 713 g/mol. The molecule has 1 heterocycles. The first-order valence-corrected chi connectivity index (χ1v) is 20.5. The Hall–Kier alpha value is -7.42. The lowest BCUT2D eigenvalue weighted by atomic mass is 9.82. The summed E-state index contributed by atoms with van der Waals surface area (Å²) < 4.78 is 2.45. The maximum atomic E-state index is 2.54. The Morgan fingerprint density at radius 2 is 0.932 bits per heavy atom. The Bertz CT molecular complexity index is 3170. The number of rotatable bonds is 7. The molecule has 0 bridgehead atoms. The minimum atomic E-state index is -0.119. The van der Waals surface area contributed by atoms with Crippen molar-refractivity contribution < 1.29 is 0 Å². The molecule has 0 atom stereocenters. The van der Waals surface area contributed by atoms with E-state index in [2.05, 4.69) is 242 Å². The van der Waals surface area contributed by atoms with Crippen LogP contribution in [0, 0.1) is 0 Å². The normalized spacial score (nSPS) is 12.7. The molecular formula is C57H42N2. The fourth-order valence-electron chi connectivity index (χ4n) is 9.68. The highest BCUT2D eigenvalue weighted by molar-refractivity contribution is 6.15. The van der Waals surface area contributed by atoms with E-state index in [1.807, 2.05) is 0 Å². The summed E-state index contributed by atoms with van der Waals surface area (Å²) in [4.78, 5) is 2.54. The Morgan fingerprint density at radius 3 is 1.73 bits per heavy atom. The van der Waals surface area contributed by atoms with Gasteiger partial charge in [-0.2, -0.15) is 0 Å². The SMILES string of the molecule is CC1(C)c2ccccc2-c2c(-c3ccccc3N(c3ccc(-c4ccccc4)cc3-c3ccccc3)c3cccc4c5ccccc5n(-c5ccccc5)c34)cccc21. The molecule has 10 aromatic rings. The zero-order valence-electron chi connectivity index (χ0n) is 33.2. The first-order chi connectivity index (χ1) is 29.1. The van der Waals surface area contributed by atoms with Crippen molar-refractivity contribution in [1.29, 1.82) is 0 Å². The number of hydrogen-bond donors (Lipinski definition) is 0. The Balaban J connectivity index is 1.27. The number of hydrogen-bond acceptors (Lipinski definition) is 1. The van der Waals surface area contributed by atoms with E-state index in [1.54, 1.807) is 0 Å². The molecule has 1 aliphatic rings.